The van der Waals surface area contributed by atoms with Gasteiger partial charge in [0.1, 0.15) is 0 Å². The van der Waals surface area contributed by atoms with Crippen LogP contribution < -0.4 is 5.32 Å². The highest BCUT2D eigenvalue weighted by Gasteiger charge is 2.12. The van der Waals surface area contributed by atoms with E-state index in [1.54, 1.807) is 0 Å². The van der Waals surface area contributed by atoms with Crippen LogP contribution in [0.2, 0.25) is 0 Å². The van der Waals surface area contributed by atoms with Gasteiger partial charge in [-0.25, -0.2) is 0 Å². The Kier molecular flexibility index (Phi) is 2.88. The smallest absolute Gasteiger partial charge is 0.272 e. The van der Waals surface area contributed by atoms with Crippen LogP contribution in [-0.2, 0) is 0 Å². The Morgan fingerprint density at radius 2 is 2.31 bits per heavy atom. The molecular weight excluding hydrogens is 202 g/mol. The Morgan fingerprint density at radius 3 is 3.12 bits per heavy atom. The Labute approximate surface area is 93.0 Å². The first-order valence-electron chi connectivity index (χ1n) is 4.97. The number of amides is 1. The number of carbonyl (C=O) groups is 1. The number of fused-ring (bicyclic) bond motifs is 1. The molecule has 1 heterocycles. The van der Waals surface area contributed by atoms with Gasteiger partial charge in [0.2, 0.25) is 0 Å². The van der Waals surface area contributed by atoms with Crippen molar-refractivity contribution in [3.8, 4) is 12.3 Å². The number of nitrogens with one attached hydrogen (secondary N) is 2. The minimum absolute atomic E-state index is 0.201. The molecule has 4 heteroatoms. The maximum atomic E-state index is 11.7. The minimum Gasteiger partial charge on any atom is -0.350 e. The summed E-state index contributed by atoms with van der Waals surface area (Å²) in [6, 6.07) is 7.49. The van der Waals surface area contributed by atoms with Crippen molar-refractivity contribution >= 4 is 16.8 Å². The predicted molar refractivity (Wildman–Crippen MR) is 61.9 cm³/mol. The van der Waals surface area contributed by atoms with Crippen LogP contribution in [0.4, 0.5) is 0 Å². The number of aromatic amines is 1. The van der Waals surface area contributed by atoms with Crippen LogP contribution in [0.1, 0.15) is 16.9 Å². The van der Waals surface area contributed by atoms with E-state index in [1.165, 1.54) is 0 Å². The Bertz CT molecular complexity index is 551. The fourth-order valence-electron chi connectivity index (χ4n) is 1.47. The second-order valence-electron chi connectivity index (χ2n) is 3.33. The van der Waals surface area contributed by atoms with Gasteiger partial charge in [-0.2, -0.15) is 5.10 Å². The van der Waals surface area contributed by atoms with Crippen LogP contribution in [-0.4, -0.2) is 22.6 Å². The standard InChI is InChI=1S/C12H11N3O/c1-2-3-8-13-12(16)11-9-6-4-5-7-10(9)14-15-11/h1,4-7H,3,8H2,(H,13,16)(H,14,15). The topological polar surface area (TPSA) is 57.8 Å². The SMILES string of the molecule is C#CCCNC(=O)c1n[nH]c2ccccc12. The van der Waals surface area contributed by atoms with E-state index in [1.807, 2.05) is 24.3 Å². The molecule has 4 nitrogen and oxygen atoms in total. The lowest BCUT2D eigenvalue weighted by Crippen LogP contribution is -2.24. The van der Waals surface area contributed by atoms with Crippen molar-refractivity contribution < 1.29 is 4.79 Å². The molecule has 0 spiro atoms. The average molecular weight is 213 g/mol. The van der Waals surface area contributed by atoms with Gasteiger partial charge in [0.15, 0.2) is 5.69 Å². The van der Waals surface area contributed by atoms with Gasteiger partial charge in [-0.05, 0) is 6.07 Å². The number of terminal acetylenes is 1. The number of rotatable bonds is 3. The lowest BCUT2D eigenvalue weighted by Gasteiger charge is -1.99. The van der Waals surface area contributed by atoms with Gasteiger partial charge in [0.05, 0.1) is 5.52 Å². The monoisotopic (exact) mass is 213 g/mol. The molecule has 1 amide bonds. The lowest BCUT2D eigenvalue weighted by atomic mass is 10.2. The van der Waals surface area contributed by atoms with Crippen molar-refractivity contribution in [2.75, 3.05) is 6.54 Å². The summed E-state index contributed by atoms with van der Waals surface area (Å²) in [5.74, 6) is 2.26. The summed E-state index contributed by atoms with van der Waals surface area (Å²) in [4.78, 5) is 11.7. The average Bonchev–Trinajstić information content (AvgIpc) is 2.73. The van der Waals surface area contributed by atoms with E-state index in [9.17, 15) is 4.79 Å². The quantitative estimate of drug-likeness (QED) is 0.596. The highest BCUT2D eigenvalue weighted by atomic mass is 16.1. The molecule has 0 saturated heterocycles. The van der Waals surface area contributed by atoms with Gasteiger partial charge in [0.25, 0.3) is 5.91 Å². The molecule has 2 N–H and O–H groups in total. The first kappa shape index (κ1) is 10.2. The summed E-state index contributed by atoms with van der Waals surface area (Å²) in [6.45, 7) is 0.469. The van der Waals surface area contributed by atoms with Crippen LogP contribution >= 0.6 is 0 Å². The summed E-state index contributed by atoms with van der Waals surface area (Å²) in [5.41, 5.74) is 1.26. The highest BCUT2D eigenvalue weighted by molar-refractivity contribution is 6.04. The minimum atomic E-state index is -0.201. The number of nitrogens with zero attached hydrogens (tertiary/aromatic N) is 1. The van der Waals surface area contributed by atoms with Crippen molar-refractivity contribution in [2.24, 2.45) is 0 Å². The Morgan fingerprint density at radius 1 is 1.50 bits per heavy atom. The largest absolute Gasteiger partial charge is 0.350 e. The third-order valence-electron chi connectivity index (χ3n) is 2.24. The first-order valence-corrected chi connectivity index (χ1v) is 4.97. The molecule has 0 aliphatic carbocycles. The van der Waals surface area contributed by atoms with E-state index in [4.69, 9.17) is 6.42 Å². The van der Waals surface area contributed by atoms with E-state index in [0.29, 0.717) is 18.7 Å². The van der Waals surface area contributed by atoms with Gasteiger partial charge in [-0.3, -0.25) is 9.89 Å². The summed E-state index contributed by atoms with van der Waals surface area (Å²) in [7, 11) is 0. The normalized spacial score (nSPS) is 9.94. The zero-order valence-corrected chi connectivity index (χ0v) is 8.66. The number of aromatic nitrogens is 2. The first-order chi connectivity index (χ1) is 7.83. The third-order valence-corrected chi connectivity index (χ3v) is 2.24. The molecule has 0 aliphatic heterocycles. The molecule has 80 valence electrons. The molecule has 0 bridgehead atoms. The van der Waals surface area contributed by atoms with Gasteiger partial charge in [0, 0.05) is 18.4 Å². The molecule has 1 aromatic carbocycles. The molecule has 0 radical (unpaired) electrons. The van der Waals surface area contributed by atoms with E-state index < -0.39 is 0 Å². The maximum absolute atomic E-state index is 11.7. The number of carbonyl (C=O) groups excluding carboxylic acids is 1. The van der Waals surface area contributed by atoms with Crippen LogP contribution in [0, 0.1) is 12.3 Å². The molecule has 16 heavy (non-hydrogen) atoms. The van der Waals surface area contributed by atoms with Crippen molar-refractivity contribution in [3.63, 3.8) is 0 Å². The maximum Gasteiger partial charge on any atom is 0.272 e. The van der Waals surface area contributed by atoms with E-state index in [0.717, 1.165) is 10.9 Å². The van der Waals surface area contributed by atoms with Crippen LogP contribution in [0.3, 0.4) is 0 Å². The third kappa shape index (κ3) is 1.89. The molecule has 0 unspecified atom stereocenters. The Balaban J connectivity index is 2.20. The predicted octanol–water partition coefficient (Wildman–Crippen LogP) is 1.32. The van der Waals surface area contributed by atoms with Gasteiger partial charge in [-0.1, -0.05) is 18.2 Å². The summed E-state index contributed by atoms with van der Waals surface area (Å²) >= 11 is 0. The zero-order valence-electron chi connectivity index (χ0n) is 8.66. The molecule has 2 rings (SSSR count). The molecule has 0 saturated carbocycles. The number of para-hydroxylation sites is 1. The Hall–Kier alpha value is -2.28. The number of benzene rings is 1. The van der Waals surface area contributed by atoms with E-state index in [2.05, 4.69) is 21.4 Å². The summed E-state index contributed by atoms with van der Waals surface area (Å²) < 4.78 is 0. The number of H-pyrrole nitrogens is 1. The summed E-state index contributed by atoms with van der Waals surface area (Å²) in [6.07, 6.45) is 5.62. The fourth-order valence-corrected chi connectivity index (χ4v) is 1.47. The van der Waals surface area contributed by atoms with Crippen LogP contribution in [0.25, 0.3) is 10.9 Å². The molecule has 0 atom stereocenters. The van der Waals surface area contributed by atoms with Crippen molar-refractivity contribution in [2.45, 2.75) is 6.42 Å². The molecule has 2 aromatic rings. The van der Waals surface area contributed by atoms with E-state index in [-0.39, 0.29) is 5.91 Å². The van der Waals surface area contributed by atoms with Crippen LogP contribution in [0.5, 0.6) is 0 Å². The van der Waals surface area contributed by atoms with Crippen molar-refractivity contribution in [1.82, 2.24) is 15.5 Å². The van der Waals surface area contributed by atoms with Gasteiger partial charge < -0.3 is 5.32 Å². The highest BCUT2D eigenvalue weighted by Crippen LogP contribution is 2.14. The fraction of sp³-hybridized carbons (Fsp3) is 0.167. The number of hydrogen-bond acceptors (Lipinski definition) is 2. The second-order valence-corrected chi connectivity index (χ2v) is 3.33. The molecule has 0 fully saturated rings. The summed E-state index contributed by atoms with van der Waals surface area (Å²) in [5, 5.41) is 10.3. The van der Waals surface area contributed by atoms with Crippen molar-refractivity contribution in [1.29, 1.82) is 0 Å². The van der Waals surface area contributed by atoms with Gasteiger partial charge in [-0.15, -0.1) is 12.3 Å². The van der Waals surface area contributed by atoms with Crippen molar-refractivity contribution in [3.05, 3.63) is 30.0 Å². The lowest BCUT2D eigenvalue weighted by molar-refractivity contribution is 0.0951. The number of hydrogen-bond donors (Lipinski definition) is 2. The second kappa shape index (κ2) is 4.49. The van der Waals surface area contributed by atoms with Gasteiger partial charge >= 0.3 is 0 Å². The molecular formula is C12H11N3O. The molecule has 0 aliphatic rings. The van der Waals surface area contributed by atoms with Crippen LogP contribution in [0.15, 0.2) is 24.3 Å². The zero-order chi connectivity index (χ0) is 11.4. The van der Waals surface area contributed by atoms with E-state index >= 15 is 0 Å². The molecule has 1 aromatic heterocycles.